The molecule has 0 heterocycles. The Labute approximate surface area is 120 Å². The summed E-state index contributed by atoms with van der Waals surface area (Å²) in [7, 11) is 0. The third kappa shape index (κ3) is 5.51. The molecule has 2 N–H and O–H groups in total. The van der Waals surface area contributed by atoms with Crippen LogP contribution in [0.15, 0.2) is 24.3 Å². The van der Waals surface area contributed by atoms with Crippen molar-refractivity contribution in [1.29, 1.82) is 0 Å². The molecule has 2 atom stereocenters. The summed E-state index contributed by atoms with van der Waals surface area (Å²) in [6.07, 6.45) is 0. The van der Waals surface area contributed by atoms with Crippen molar-refractivity contribution in [3.63, 3.8) is 0 Å². The van der Waals surface area contributed by atoms with Crippen LogP contribution in [0.3, 0.4) is 0 Å². The van der Waals surface area contributed by atoms with Gasteiger partial charge in [0.15, 0.2) is 0 Å². The first-order valence-corrected chi connectivity index (χ1v) is 7.98. The minimum absolute atomic E-state index is 0.0395. The van der Waals surface area contributed by atoms with E-state index in [9.17, 15) is 4.39 Å². The number of rotatable bonds is 8. The second-order valence-corrected chi connectivity index (χ2v) is 6.17. The summed E-state index contributed by atoms with van der Waals surface area (Å²) in [6.45, 7) is 9.79. The molecule has 0 aliphatic carbocycles. The van der Waals surface area contributed by atoms with E-state index in [1.54, 1.807) is 12.1 Å². The van der Waals surface area contributed by atoms with E-state index in [2.05, 4.69) is 25.7 Å². The van der Waals surface area contributed by atoms with E-state index in [4.69, 9.17) is 5.73 Å². The molecule has 4 heteroatoms. The Morgan fingerprint density at radius 3 is 2.32 bits per heavy atom. The van der Waals surface area contributed by atoms with Crippen molar-refractivity contribution >= 4 is 11.8 Å². The van der Waals surface area contributed by atoms with Gasteiger partial charge in [-0.15, -0.1) is 0 Å². The molecule has 1 aromatic carbocycles. The van der Waals surface area contributed by atoms with Crippen LogP contribution in [0.4, 0.5) is 4.39 Å². The average molecular weight is 284 g/mol. The molecule has 2 unspecified atom stereocenters. The lowest BCUT2D eigenvalue weighted by atomic mass is 10.1. The molecule has 1 aromatic rings. The molecular formula is C15H25FN2S. The highest BCUT2D eigenvalue weighted by molar-refractivity contribution is 7.99. The van der Waals surface area contributed by atoms with Gasteiger partial charge >= 0.3 is 0 Å². The summed E-state index contributed by atoms with van der Waals surface area (Å²) in [5, 5.41) is 0.334. The molecule has 0 aliphatic heterocycles. The van der Waals surface area contributed by atoms with Gasteiger partial charge in [0, 0.05) is 23.6 Å². The molecule has 1 rings (SSSR count). The van der Waals surface area contributed by atoms with E-state index in [1.807, 2.05) is 11.8 Å². The van der Waals surface area contributed by atoms with Crippen LogP contribution < -0.4 is 5.73 Å². The zero-order valence-corrected chi connectivity index (χ0v) is 12.9. The monoisotopic (exact) mass is 284 g/mol. The lowest BCUT2D eigenvalue weighted by Crippen LogP contribution is -2.27. The predicted octanol–water partition coefficient (Wildman–Crippen LogP) is 3.29. The van der Waals surface area contributed by atoms with E-state index in [-0.39, 0.29) is 11.9 Å². The molecule has 0 fully saturated rings. The van der Waals surface area contributed by atoms with Crippen molar-refractivity contribution in [1.82, 2.24) is 4.90 Å². The summed E-state index contributed by atoms with van der Waals surface area (Å²) >= 11 is 1.88. The first-order valence-electron chi connectivity index (χ1n) is 6.93. The Bertz CT molecular complexity index is 352. The molecule has 0 aliphatic rings. The van der Waals surface area contributed by atoms with E-state index in [0.29, 0.717) is 5.25 Å². The van der Waals surface area contributed by atoms with Crippen molar-refractivity contribution < 1.29 is 4.39 Å². The maximum atomic E-state index is 12.9. The quantitative estimate of drug-likeness (QED) is 0.794. The van der Waals surface area contributed by atoms with Gasteiger partial charge in [-0.05, 0) is 30.8 Å². The van der Waals surface area contributed by atoms with Crippen LogP contribution in [0.2, 0.25) is 0 Å². The predicted molar refractivity (Wildman–Crippen MR) is 83.0 cm³/mol. The highest BCUT2D eigenvalue weighted by Gasteiger charge is 2.15. The van der Waals surface area contributed by atoms with Gasteiger partial charge in [0.1, 0.15) is 5.82 Å². The highest BCUT2D eigenvalue weighted by Crippen LogP contribution is 2.24. The summed E-state index contributed by atoms with van der Waals surface area (Å²) < 4.78 is 12.9. The Hall–Kier alpha value is -0.580. The standard InChI is InChI=1S/C15H25FN2S/c1-4-18(5-2)10-11-19-12(3)15(17)13-6-8-14(16)9-7-13/h6-9,12,15H,4-5,10-11,17H2,1-3H3. The van der Waals surface area contributed by atoms with Gasteiger partial charge in [0.25, 0.3) is 0 Å². The summed E-state index contributed by atoms with van der Waals surface area (Å²) in [4.78, 5) is 2.41. The van der Waals surface area contributed by atoms with Crippen molar-refractivity contribution in [2.45, 2.75) is 32.1 Å². The first-order chi connectivity index (χ1) is 9.08. The fourth-order valence-electron chi connectivity index (χ4n) is 1.97. The maximum Gasteiger partial charge on any atom is 0.123 e. The van der Waals surface area contributed by atoms with E-state index >= 15 is 0 Å². The molecule has 0 spiro atoms. The number of nitrogens with zero attached hydrogens (tertiary/aromatic N) is 1. The Kier molecular flexibility index (Phi) is 7.42. The molecule has 0 aromatic heterocycles. The first kappa shape index (κ1) is 16.5. The number of halogens is 1. The Morgan fingerprint density at radius 1 is 1.21 bits per heavy atom. The smallest absolute Gasteiger partial charge is 0.123 e. The molecule has 0 amide bonds. The van der Waals surface area contributed by atoms with Crippen LogP contribution in [0, 0.1) is 5.82 Å². The summed E-state index contributed by atoms with van der Waals surface area (Å²) in [5.74, 6) is 0.871. The lowest BCUT2D eigenvalue weighted by Gasteiger charge is -2.22. The van der Waals surface area contributed by atoms with Gasteiger partial charge < -0.3 is 10.6 Å². The minimum atomic E-state index is -0.210. The Balaban J connectivity index is 2.40. The van der Waals surface area contributed by atoms with E-state index in [0.717, 1.165) is 31.0 Å². The van der Waals surface area contributed by atoms with Crippen LogP contribution in [-0.4, -0.2) is 35.5 Å². The number of hydrogen-bond donors (Lipinski definition) is 1. The number of nitrogens with two attached hydrogens (primary N) is 1. The lowest BCUT2D eigenvalue weighted by molar-refractivity contribution is 0.323. The van der Waals surface area contributed by atoms with Gasteiger partial charge in [-0.1, -0.05) is 32.9 Å². The molecule has 108 valence electrons. The van der Waals surface area contributed by atoms with Crippen molar-refractivity contribution in [3.8, 4) is 0 Å². The maximum absolute atomic E-state index is 12.9. The van der Waals surface area contributed by atoms with Gasteiger partial charge in [0.2, 0.25) is 0 Å². The average Bonchev–Trinajstić information content (AvgIpc) is 2.43. The van der Waals surface area contributed by atoms with Crippen LogP contribution in [-0.2, 0) is 0 Å². The SMILES string of the molecule is CCN(CC)CCSC(C)C(N)c1ccc(F)cc1. The van der Waals surface area contributed by atoms with Crippen LogP contribution in [0.5, 0.6) is 0 Å². The molecule has 2 nitrogen and oxygen atoms in total. The zero-order valence-electron chi connectivity index (χ0n) is 12.1. The van der Waals surface area contributed by atoms with Gasteiger partial charge in [-0.3, -0.25) is 0 Å². The number of benzene rings is 1. The van der Waals surface area contributed by atoms with Gasteiger partial charge in [0.05, 0.1) is 0 Å². The van der Waals surface area contributed by atoms with Gasteiger partial charge in [-0.25, -0.2) is 4.39 Å². The minimum Gasteiger partial charge on any atom is -0.323 e. The fraction of sp³-hybridized carbons (Fsp3) is 0.600. The molecule has 0 saturated heterocycles. The van der Waals surface area contributed by atoms with Crippen molar-refractivity contribution in [2.24, 2.45) is 5.73 Å². The molecule has 0 saturated carbocycles. The van der Waals surface area contributed by atoms with Crippen molar-refractivity contribution in [2.75, 3.05) is 25.4 Å². The molecular weight excluding hydrogens is 259 g/mol. The topological polar surface area (TPSA) is 29.3 Å². The Morgan fingerprint density at radius 2 is 1.79 bits per heavy atom. The number of hydrogen-bond acceptors (Lipinski definition) is 3. The molecule has 0 bridgehead atoms. The third-order valence-electron chi connectivity index (χ3n) is 3.44. The van der Waals surface area contributed by atoms with Gasteiger partial charge in [-0.2, -0.15) is 11.8 Å². The van der Waals surface area contributed by atoms with E-state index in [1.165, 1.54) is 12.1 Å². The summed E-state index contributed by atoms with van der Waals surface area (Å²) in [5.41, 5.74) is 7.22. The highest BCUT2D eigenvalue weighted by atomic mass is 32.2. The molecule has 0 radical (unpaired) electrons. The van der Waals surface area contributed by atoms with Crippen molar-refractivity contribution in [3.05, 3.63) is 35.6 Å². The summed E-state index contributed by atoms with van der Waals surface area (Å²) in [6, 6.07) is 6.47. The van der Waals surface area contributed by atoms with Crippen LogP contribution >= 0.6 is 11.8 Å². The van der Waals surface area contributed by atoms with Crippen LogP contribution in [0.1, 0.15) is 32.4 Å². The van der Waals surface area contributed by atoms with Crippen LogP contribution in [0.25, 0.3) is 0 Å². The second kappa shape index (κ2) is 8.56. The second-order valence-electron chi connectivity index (χ2n) is 4.68. The largest absolute Gasteiger partial charge is 0.323 e. The fourth-order valence-corrected chi connectivity index (χ4v) is 3.07. The third-order valence-corrected chi connectivity index (χ3v) is 4.68. The van der Waals surface area contributed by atoms with E-state index < -0.39 is 0 Å². The zero-order chi connectivity index (χ0) is 14.3. The number of thioether (sulfide) groups is 1. The molecule has 19 heavy (non-hydrogen) atoms. The normalized spacial score (nSPS) is 14.6.